The van der Waals surface area contributed by atoms with Gasteiger partial charge in [0.2, 0.25) is 0 Å². The normalized spacial score (nSPS) is 12.6. The van der Waals surface area contributed by atoms with E-state index in [1.54, 1.807) is 13.3 Å². The average molecular weight is 231 g/mol. The SMILES string of the molecule is CCc1ccc2ncnc(NCC(C)O)c2c1. The first kappa shape index (κ1) is 11.8. The summed E-state index contributed by atoms with van der Waals surface area (Å²) in [4.78, 5) is 8.45. The molecule has 4 nitrogen and oxygen atoms in total. The van der Waals surface area contributed by atoms with E-state index in [2.05, 4.69) is 34.3 Å². The van der Waals surface area contributed by atoms with Crippen molar-refractivity contribution in [2.24, 2.45) is 0 Å². The Morgan fingerprint density at radius 2 is 2.18 bits per heavy atom. The number of aliphatic hydroxyl groups excluding tert-OH is 1. The Kier molecular flexibility index (Phi) is 3.54. The minimum atomic E-state index is -0.394. The van der Waals surface area contributed by atoms with Gasteiger partial charge in [-0.2, -0.15) is 0 Å². The van der Waals surface area contributed by atoms with Crippen LogP contribution in [0.3, 0.4) is 0 Å². The number of aliphatic hydroxyl groups is 1. The van der Waals surface area contributed by atoms with Crippen molar-refractivity contribution < 1.29 is 5.11 Å². The molecule has 4 heteroatoms. The lowest BCUT2D eigenvalue weighted by Gasteiger charge is -2.10. The van der Waals surface area contributed by atoms with E-state index in [4.69, 9.17) is 0 Å². The van der Waals surface area contributed by atoms with Crippen molar-refractivity contribution in [2.75, 3.05) is 11.9 Å². The van der Waals surface area contributed by atoms with Gasteiger partial charge in [0.05, 0.1) is 11.6 Å². The molecule has 0 spiro atoms. The van der Waals surface area contributed by atoms with Crippen LogP contribution >= 0.6 is 0 Å². The summed E-state index contributed by atoms with van der Waals surface area (Å²) >= 11 is 0. The Morgan fingerprint density at radius 3 is 2.88 bits per heavy atom. The van der Waals surface area contributed by atoms with Gasteiger partial charge >= 0.3 is 0 Å². The highest BCUT2D eigenvalue weighted by Gasteiger charge is 2.05. The molecule has 17 heavy (non-hydrogen) atoms. The summed E-state index contributed by atoms with van der Waals surface area (Å²) in [5, 5.41) is 13.4. The van der Waals surface area contributed by atoms with Crippen LogP contribution in [0.15, 0.2) is 24.5 Å². The number of benzene rings is 1. The molecule has 0 aliphatic heterocycles. The molecule has 2 N–H and O–H groups in total. The van der Waals surface area contributed by atoms with E-state index in [9.17, 15) is 5.11 Å². The number of anilines is 1. The highest BCUT2D eigenvalue weighted by Crippen LogP contribution is 2.20. The van der Waals surface area contributed by atoms with Gasteiger partial charge in [0, 0.05) is 11.9 Å². The van der Waals surface area contributed by atoms with Gasteiger partial charge in [-0.05, 0) is 31.0 Å². The topological polar surface area (TPSA) is 58.0 Å². The summed E-state index contributed by atoms with van der Waals surface area (Å²) in [6, 6.07) is 6.18. The number of nitrogens with zero attached hydrogens (tertiary/aromatic N) is 2. The summed E-state index contributed by atoms with van der Waals surface area (Å²) in [5.74, 6) is 0.784. The summed E-state index contributed by atoms with van der Waals surface area (Å²) in [6.07, 6.45) is 2.13. The molecule has 0 bridgehead atoms. The van der Waals surface area contributed by atoms with E-state index < -0.39 is 6.10 Å². The zero-order valence-electron chi connectivity index (χ0n) is 10.1. The van der Waals surface area contributed by atoms with E-state index in [1.807, 2.05) is 6.07 Å². The first-order chi connectivity index (χ1) is 8.20. The third kappa shape index (κ3) is 2.71. The molecule has 0 amide bonds. The minimum Gasteiger partial charge on any atom is -0.392 e. The third-order valence-corrected chi connectivity index (χ3v) is 2.67. The predicted molar refractivity (Wildman–Crippen MR) is 69.1 cm³/mol. The Balaban J connectivity index is 2.39. The zero-order chi connectivity index (χ0) is 12.3. The van der Waals surface area contributed by atoms with Gasteiger partial charge in [-0.1, -0.05) is 13.0 Å². The molecular weight excluding hydrogens is 214 g/mol. The molecule has 2 rings (SSSR count). The second-order valence-corrected chi connectivity index (χ2v) is 4.16. The summed E-state index contributed by atoms with van der Waals surface area (Å²) in [6.45, 7) is 4.35. The minimum absolute atomic E-state index is 0.394. The first-order valence-corrected chi connectivity index (χ1v) is 5.86. The molecule has 0 saturated heterocycles. The number of aromatic nitrogens is 2. The summed E-state index contributed by atoms with van der Waals surface area (Å²) in [7, 11) is 0. The maximum absolute atomic E-state index is 9.28. The summed E-state index contributed by atoms with van der Waals surface area (Å²) < 4.78 is 0. The molecule has 1 heterocycles. The van der Waals surface area contributed by atoms with E-state index >= 15 is 0 Å². The van der Waals surface area contributed by atoms with Crippen molar-refractivity contribution in [1.29, 1.82) is 0 Å². The van der Waals surface area contributed by atoms with Gasteiger partial charge < -0.3 is 10.4 Å². The van der Waals surface area contributed by atoms with Crippen LogP contribution in [0.4, 0.5) is 5.82 Å². The van der Waals surface area contributed by atoms with Gasteiger partial charge in [0.1, 0.15) is 12.1 Å². The van der Waals surface area contributed by atoms with Gasteiger partial charge in [-0.25, -0.2) is 9.97 Å². The van der Waals surface area contributed by atoms with Crippen LogP contribution in [0, 0.1) is 0 Å². The summed E-state index contributed by atoms with van der Waals surface area (Å²) in [5.41, 5.74) is 2.18. The maximum atomic E-state index is 9.28. The van der Waals surface area contributed by atoms with Gasteiger partial charge in [-0.15, -0.1) is 0 Å². The van der Waals surface area contributed by atoms with Gasteiger partial charge in [0.15, 0.2) is 0 Å². The molecule has 1 aromatic carbocycles. The number of rotatable bonds is 4. The Labute approximate surface area is 101 Å². The van der Waals surface area contributed by atoms with Crippen LogP contribution in [0.25, 0.3) is 10.9 Å². The fraction of sp³-hybridized carbons (Fsp3) is 0.385. The molecule has 1 atom stereocenters. The highest BCUT2D eigenvalue weighted by molar-refractivity contribution is 5.89. The lowest BCUT2D eigenvalue weighted by Crippen LogP contribution is -2.16. The van der Waals surface area contributed by atoms with E-state index in [1.165, 1.54) is 5.56 Å². The molecule has 90 valence electrons. The fourth-order valence-corrected chi connectivity index (χ4v) is 1.71. The molecule has 0 saturated carbocycles. The quantitative estimate of drug-likeness (QED) is 0.844. The Bertz CT molecular complexity index is 511. The van der Waals surface area contributed by atoms with Crippen molar-refractivity contribution in [2.45, 2.75) is 26.4 Å². The Hall–Kier alpha value is -1.68. The molecule has 0 aliphatic rings. The Morgan fingerprint density at radius 1 is 1.35 bits per heavy atom. The number of hydrogen-bond donors (Lipinski definition) is 2. The van der Waals surface area contributed by atoms with Crippen molar-refractivity contribution >= 4 is 16.7 Å². The molecule has 1 unspecified atom stereocenters. The smallest absolute Gasteiger partial charge is 0.137 e. The number of aryl methyl sites for hydroxylation is 1. The third-order valence-electron chi connectivity index (χ3n) is 2.67. The van der Waals surface area contributed by atoms with E-state index in [0.29, 0.717) is 6.54 Å². The number of hydrogen-bond acceptors (Lipinski definition) is 4. The largest absolute Gasteiger partial charge is 0.392 e. The number of fused-ring (bicyclic) bond motifs is 1. The average Bonchev–Trinajstić information content (AvgIpc) is 2.35. The first-order valence-electron chi connectivity index (χ1n) is 5.86. The molecule has 0 radical (unpaired) electrons. The van der Waals surface area contributed by atoms with Crippen LogP contribution in [-0.4, -0.2) is 27.7 Å². The fourth-order valence-electron chi connectivity index (χ4n) is 1.71. The maximum Gasteiger partial charge on any atom is 0.137 e. The number of nitrogens with one attached hydrogen (secondary N) is 1. The molecule has 0 aliphatic carbocycles. The van der Waals surface area contributed by atoms with Crippen molar-refractivity contribution in [1.82, 2.24) is 9.97 Å². The lowest BCUT2D eigenvalue weighted by molar-refractivity contribution is 0.208. The highest BCUT2D eigenvalue weighted by atomic mass is 16.3. The van der Waals surface area contributed by atoms with E-state index in [-0.39, 0.29) is 0 Å². The van der Waals surface area contributed by atoms with Crippen molar-refractivity contribution in [3.8, 4) is 0 Å². The van der Waals surface area contributed by atoms with Crippen LogP contribution in [0.5, 0.6) is 0 Å². The zero-order valence-corrected chi connectivity index (χ0v) is 10.1. The molecule has 2 aromatic rings. The molecule has 1 aromatic heterocycles. The standard InChI is InChI=1S/C13H17N3O/c1-3-10-4-5-12-11(6-10)13(16-8-15-12)14-7-9(2)17/h4-6,8-9,17H,3,7H2,1-2H3,(H,14,15,16). The lowest BCUT2D eigenvalue weighted by atomic mass is 10.1. The predicted octanol–water partition coefficient (Wildman–Crippen LogP) is 1.98. The van der Waals surface area contributed by atoms with Gasteiger partial charge in [0.25, 0.3) is 0 Å². The van der Waals surface area contributed by atoms with Crippen molar-refractivity contribution in [3.05, 3.63) is 30.1 Å². The molecule has 0 fully saturated rings. The van der Waals surface area contributed by atoms with Crippen LogP contribution in [0.2, 0.25) is 0 Å². The molecular formula is C13H17N3O. The van der Waals surface area contributed by atoms with E-state index in [0.717, 1.165) is 23.1 Å². The van der Waals surface area contributed by atoms with Gasteiger partial charge in [-0.3, -0.25) is 0 Å². The van der Waals surface area contributed by atoms with Crippen LogP contribution < -0.4 is 5.32 Å². The van der Waals surface area contributed by atoms with Crippen molar-refractivity contribution in [3.63, 3.8) is 0 Å². The van der Waals surface area contributed by atoms with Crippen LogP contribution in [-0.2, 0) is 6.42 Å². The second-order valence-electron chi connectivity index (χ2n) is 4.16. The monoisotopic (exact) mass is 231 g/mol. The van der Waals surface area contributed by atoms with Crippen LogP contribution in [0.1, 0.15) is 19.4 Å². The second kappa shape index (κ2) is 5.10.